The van der Waals surface area contributed by atoms with Crippen molar-refractivity contribution >= 4 is 0 Å². The Labute approximate surface area is 78.2 Å². The first-order valence-corrected chi connectivity index (χ1v) is 3.15. The van der Waals surface area contributed by atoms with Crippen LogP contribution in [0.25, 0.3) is 0 Å². The van der Waals surface area contributed by atoms with Gasteiger partial charge in [-0.15, -0.1) is 0 Å². The molecule has 0 amide bonds. The first-order chi connectivity index (χ1) is 4.18. The Morgan fingerprint density at radius 2 is 1.40 bits per heavy atom. The number of aryl methyl sites for hydroxylation is 3. The zero-order chi connectivity index (χ0) is 6.85. The molecule has 0 aliphatic carbocycles. The Balaban J connectivity index is 0.000000810. The van der Waals surface area contributed by atoms with Crippen molar-refractivity contribution in [2.45, 2.75) is 20.8 Å². The van der Waals surface area contributed by atoms with Gasteiger partial charge in [-0.1, -0.05) is 20.8 Å². The fraction of sp³-hybridized carbons (Fsp3) is 0.333. The molecule has 58 valence electrons. The summed E-state index contributed by atoms with van der Waals surface area (Å²) in [6, 6.07) is 7.47. The molecule has 0 aromatic heterocycles. The Hall–Kier alpha value is -0.0397. The quantitative estimate of drug-likeness (QED) is 0.509. The van der Waals surface area contributed by atoms with Crippen LogP contribution >= 0.6 is 0 Å². The minimum Gasteiger partial charge on any atom is -0.177 e. The molecule has 0 N–H and O–H groups in total. The van der Waals surface area contributed by atoms with Crippen LogP contribution in [0.1, 0.15) is 16.7 Å². The van der Waals surface area contributed by atoms with Crippen LogP contribution in [0.4, 0.5) is 0 Å². The standard InChI is InChI=1S/C9H11.Au/c1-7-4-8(2)6-9(3)5-7;/h4-5H,1-3H3;/q-1;+1. The van der Waals surface area contributed by atoms with E-state index in [2.05, 4.69) is 39.0 Å². The molecular formula is C9H11Au. The average molecular weight is 316 g/mol. The molecule has 0 heterocycles. The van der Waals surface area contributed by atoms with E-state index in [0.29, 0.717) is 0 Å². The first kappa shape index (κ1) is 9.96. The Morgan fingerprint density at radius 1 is 1.00 bits per heavy atom. The van der Waals surface area contributed by atoms with Gasteiger partial charge in [0.25, 0.3) is 0 Å². The van der Waals surface area contributed by atoms with Crippen molar-refractivity contribution in [3.8, 4) is 0 Å². The summed E-state index contributed by atoms with van der Waals surface area (Å²) in [6.45, 7) is 6.24. The number of rotatable bonds is 0. The molecule has 1 aromatic carbocycles. The van der Waals surface area contributed by atoms with Gasteiger partial charge in [-0.05, 0) is 0 Å². The minimum absolute atomic E-state index is 0. The van der Waals surface area contributed by atoms with Gasteiger partial charge in [0.1, 0.15) is 0 Å². The summed E-state index contributed by atoms with van der Waals surface area (Å²) in [5.41, 5.74) is 3.78. The van der Waals surface area contributed by atoms with E-state index in [4.69, 9.17) is 0 Å². The van der Waals surface area contributed by atoms with Gasteiger partial charge >= 0.3 is 22.4 Å². The van der Waals surface area contributed by atoms with Crippen molar-refractivity contribution in [1.29, 1.82) is 0 Å². The molecule has 0 unspecified atom stereocenters. The van der Waals surface area contributed by atoms with Crippen molar-refractivity contribution in [3.63, 3.8) is 0 Å². The second kappa shape index (κ2) is 3.97. The van der Waals surface area contributed by atoms with Crippen molar-refractivity contribution in [2.24, 2.45) is 0 Å². The van der Waals surface area contributed by atoms with Crippen LogP contribution in [0.2, 0.25) is 0 Å². The van der Waals surface area contributed by atoms with Crippen LogP contribution in [0.15, 0.2) is 12.1 Å². The Morgan fingerprint density at radius 3 is 1.70 bits per heavy atom. The second-order valence-corrected chi connectivity index (χ2v) is 2.52. The van der Waals surface area contributed by atoms with Crippen LogP contribution < -0.4 is 0 Å². The van der Waals surface area contributed by atoms with Crippen LogP contribution in [-0.2, 0) is 22.4 Å². The minimum atomic E-state index is 0. The maximum Gasteiger partial charge on any atom is 1.00 e. The summed E-state index contributed by atoms with van der Waals surface area (Å²) in [6.07, 6.45) is 0. The van der Waals surface area contributed by atoms with Crippen molar-refractivity contribution in [1.82, 2.24) is 0 Å². The third-order valence-corrected chi connectivity index (χ3v) is 1.28. The van der Waals surface area contributed by atoms with Gasteiger partial charge in [0, 0.05) is 0 Å². The number of benzene rings is 1. The second-order valence-electron chi connectivity index (χ2n) is 2.52. The molecule has 10 heavy (non-hydrogen) atoms. The normalized spacial score (nSPS) is 8.70. The van der Waals surface area contributed by atoms with Crippen LogP contribution in [0, 0.1) is 26.8 Å². The van der Waals surface area contributed by atoms with Crippen molar-refractivity contribution < 1.29 is 22.4 Å². The number of hydrogen-bond acceptors (Lipinski definition) is 0. The van der Waals surface area contributed by atoms with Crippen LogP contribution in [0.5, 0.6) is 0 Å². The van der Waals surface area contributed by atoms with Crippen molar-refractivity contribution in [2.75, 3.05) is 0 Å². The predicted molar refractivity (Wildman–Crippen MR) is 39.5 cm³/mol. The maximum absolute atomic E-state index is 3.21. The van der Waals surface area contributed by atoms with Gasteiger partial charge in [0.05, 0.1) is 0 Å². The largest absolute Gasteiger partial charge is 1.00 e. The molecule has 1 rings (SSSR count). The summed E-state index contributed by atoms with van der Waals surface area (Å²) in [5, 5.41) is 0. The Kier molecular flexibility index (Phi) is 3.95. The molecular weight excluding hydrogens is 305 g/mol. The smallest absolute Gasteiger partial charge is 0.177 e. The fourth-order valence-electron chi connectivity index (χ4n) is 1.11. The molecule has 0 aliphatic rings. The van der Waals surface area contributed by atoms with Gasteiger partial charge in [0.2, 0.25) is 0 Å². The van der Waals surface area contributed by atoms with Crippen LogP contribution in [-0.4, -0.2) is 0 Å². The molecule has 0 radical (unpaired) electrons. The molecule has 0 bridgehead atoms. The average Bonchev–Trinajstić information content (AvgIpc) is 1.59. The Bertz CT molecular complexity index is 165. The summed E-state index contributed by atoms with van der Waals surface area (Å²) in [5.74, 6) is 0. The first-order valence-electron chi connectivity index (χ1n) is 3.15. The molecule has 0 fully saturated rings. The summed E-state index contributed by atoms with van der Waals surface area (Å²) in [4.78, 5) is 0. The van der Waals surface area contributed by atoms with E-state index in [1.54, 1.807) is 0 Å². The van der Waals surface area contributed by atoms with Gasteiger partial charge in [-0.25, -0.2) is 0 Å². The van der Waals surface area contributed by atoms with E-state index in [1.807, 2.05) is 0 Å². The van der Waals surface area contributed by atoms with E-state index in [0.717, 1.165) is 0 Å². The number of hydrogen-bond donors (Lipinski definition) is 0. The maximum atomic E-state index is 3.21. The van der Waals surface area contributed by atoms with Gasteiger partial charge in [-0.2, -0.15) is 34.9 Å². The molecule has 0 saturated carbocycles. The van der Waals surface area contributed by atoms with E-state index in [1.165, 1.54) is 16.7 Å². The monoisotopic (exact) mass is 316 g/mol. The zero-order valence-electron chi connectivity index (χ0n) is 6.46. The predicted octanol–water partition coefficient (Wildman–Crippen LogP) is 2.41. The van der Waals surface area contributed by atoms with Gasteiger partial charge < -0.3 is 0 Å². The molecule has 0 nitrogen and oxygen atoms in total. The zero-order valence-corrected chi connectivity index (χ0v) is 8.62. The van der Waals surface area contributed by atoms with Gasteiger partial charge in [-0.3, -0.25) is 0 Å². The van der Waals surface area contributed by atoms with Crippen LogP contribution in [0.3, 0.4) is 0 Å². The summed E-state index contributed by atoms with van der Waals surface area (Å²) < 4.78 is 0. The van der Waals surface area contributed by atoms with E-state index in [9.17, 15) is 0 Å². The van der Waals surface area contributed by atoms with E-state index in [-0.39, 0.29) is 22.4 Å². The molecule has 0 aliphatic heterocycles. The van der Waals surface area contributed by atoms with Gasteiger partial charge in [0.15, 0.2) is 0 Å². The van der Waals surface area contributed by atoms with E-state index >= 15 is 0 Å². The summed E-state index contributed by atoms with van der Waals surface area (Å²) in [7, 11) is 0. The van der Waals surface area contributed by atoms with Crippen molar-refractivity contribution in [3.05, 3.63) is 34.9 Å². The molecule has 0 saturated heterocycles. The molecule has 1 aromatic rings. The third kappa shape index (κ3) is 2.70. The molecule has 1 heteroatoms. The van der Waals surface area contributed by atoms with E-state index < -0.39 is 0 Å². The third-order valence-electron chi connectivity index (χ3n) is 1.28. The summed E-state index contributed by atoms with van der Waals surface area (Å²) >= 11 is 0. The molecule has 0 atom stereocenters. The fourth-order valence-corrected chi connectivity index (χ4v) is 1.11. The molecule has 0 spiro atoms. The topological polar surface area (TPSA) is 0 Å². The SMILES string of the molecule is Cc1[c-]c(C)cc(C)c1.[Au+].